The van der Waals surface area contributed by atoms with E-state index in [0.717, 1.165) is 18.7 Å². The minimum atomic E-state index is -4.47. The number of benzene rings is 1. The molecular formula is C40H52F3N5O9S. The van der Waals surface area contributed by atoms with Gasteiger partial charge in [-0.15, -0.1) is 0 Å². The molecule has 0 bridgehead atoms. The zero-order chi connectivity index (χ0) is 42.6. The van der Waals surface area contributed by atoms with Gasteiger partial charge in [0.1, 0.15) is 46.4 Å². The standard InChI is InChI=1S/C40H52F3N5O9S/c1-23-9-7-8-10-26-20-40(26,35(51)46-58(54,55)39(22-41)14-15-39)45-32(49)30-19-28(57-33-29-12-11-27(56-6)18-25(29)13-16-44-33)21-47(30)34(50)31(24(2)17-23)48(36(52)53)37(3,4)38(5,42)43/h8,10-13,16,18,23-24,26,28,30-31H,7,9,14-15,17,19-22H2,1-6H3,(H,45,49)(H,46,51)(H,52,53)/b10-8-/t23-,24-,26-,28-,30+,31+,40-/m1/s1. The molecule has 2 aliphatic carbocycles. The van der Waals surface area contributed by atoms with Crippen molar-refractivity contribution in [2.24, 2.45) is 17.8 Å². The van der Waals surface area contributed by atoms with E-state index in [2.05, 4.69) is 10.3 Å². The summed E-state index contributed by atoms with van der Waals surface area (Å²) in [5.41, 5.74) is -4.17. The molecule has 1 aromatic heterocycles. The number of fused-ring (bicyclic) bond motifs is 3. The van der Waals surface area contributed by atoms with Gasteiger partial charge in [-0.25, -0.2) is 31.4 Å². The summed E-state index contributed by atoms with van der Waals surface area (Å²) in [7, 11) is -2.95. The number of halogens is 3. The monoisotopic (exact) mass is 835 g/mol. The number of nitrogens with one attached hydrogen (secondary N) is 2. The van der Waals surface area contributed by atoms with Crippen LogP contribution in [0.1, 0.15) is 79.6 Å². The summed E-state index contributed by atoms with van der Waals surface area (Å²) in [6.07, 6.45) is 3.48. The number of sulfonamides is 1. The average Bonchev–Trinajstić information content (AvgIpc) is 4.05. The molecule has 3 N–H and O–H groups in total. The fraction of sp³-hybridized carbons (Fsp3) is 0.625. The van der Waals surface area contributed by atoms with Crippen LogP contribution in [-0.4, -0.2) is 112 Å². The van der Waals surface area contributed by atoms with Gasteiger partial charge in [-0.3, -0.25) is 24.0 Å². The van der Waals surface area contributed by atoms with Crippen LogP contribution in [0, 0.1) is 17.8 Å². The molecule has 1 aromatic carbocycles. The maximum Gasteiger partial charge on any atom is 0.408 e. The molecule has 58 heavy (non-hydrogen) atoms. The van der Waals surface area contributed by atoms with Crippen molar-refractivity contribution in [2.45, 2.75) is 119 Å². The van der Waals surface area contributed by atoms with Crippen molar-refractivity contribution < 1.29 is 55.3 Å². The van der Waals surface area contributed by atoms with Gasteiger partial charge in [-0.2, -0.15) is 0 Å². The van der Waals surface area contributed by atoms with Crippen LogP contribution in [0.15, 0.2) is 42.6 Å². The molecule has 4 amide bonds. The molecule has 7 atom stereocenters. The Bertz CT molecular complexity index is 2090. The summed E-state index contributed by atoms with van der Waals surface area (Å²) in [6.45, 7) is 4.71. The summed E-state index contributed by atoms with van der Waals surface area (Å²) < 4.78 is 82.9. The van der Waals surface area contributed by atoms with E-state index in [1.54, 1.807) is 43.3 Å². The van der Waals surface area contributed by atoms with Gasteiger partial charge in [-0.1, -0.05) is 26.0 Å². The Hall–Kier alpha value is -4.61. The summed E-state index contributed by atoms with van der Waals surface area (Å²) in [6, 6.07) is 3.81. The Balaban J connectivity index is 1.42. The SMILES string of the molecule is COc1ccc2c(O[C@@H]3C[C@H]4C(=O)N[C@]5(C(=O)NS(=O)(=O)C6(CF)CC6)C[C@H]5/C=C\CC[C@@H](C)C[C@@H](C)[C@H](N(C(=O)O)C(C)(C)C(C)(F)F)C(=O)N4C3)nccc2c1. The molecule has 1 saturated heterocycles. The van der Waals surface area contributed by atoms with Gasteiger partial charge in [0.15, 0.2) is 0 Å². The van der Waals surface area contributed by atoms with Gasteiger partial charge in [0.2, 0.25) is 27.7 Å². The lowest BCUT2D eigenvalue weighted by atomic mass is 9.84. The number of hydrogen-bond acceptors (Lipinski definition) is 9. The van der Waals surface area contributed by atoms with E-state index in [9.17, 15) is 32.3 Å². The third-order valence-corrected chi connectivity index (χ3v) is 14.7. The Kier molecular flexibility index (Phi) is 11.5. The Morgan fingerprint density at radius 3 is 2.47 bits per heavy atom. The Labute approximate surface area is 335 Å². The number of carbonyl (C=O) groups excluding carboxylic acids is 3. The molecule has 4 aliphatic rings. The first kappa shape index (κ1) is 43.0. The number of allylic oxidation sites excluding steroid dienone is 1. The smallest absolute Gasteiger partial charge is 0.408 e. The number of aromatic nitrogens is 1. The second kappa shape index (κ2) is 15.5. The second-order valence-electron chi connectivity index (χ2n) is 17.1. The number of pyridine rings is 1. The summed E-state index contributed by atoms with van der Waals surface area (Å²) in [5.74, 6) is -7.31. The Morgan fingerprint density at radius 2 is 1.84 bits per heavy atom. The number of ether oxygens (including phenoxy) is 2. The highest BCUT2D eigenvalue weighted by Crippen LogP contribution is 2.48. The summed E-state index contributed by atoms with van der Waals surface area (Å²) in [5, 5.41) is 14.6. The molecule has 0 unspecified atom stereocenters. The van der Waals surface area contributed by atoms with Gasteiger partial charge in [0, 0.05) is 30.8 Å². The molecule has 3 heterocycles. The van der Waals surface area contributed by atoms with Crippen molar-refractivity contribution in [3.05, 3.63) is 42.6 Å². The molecule has 318 valence electrons. The van der Waals surface area contributed by atoms with E-state index in [0.29, 0.717) is 41.2 Å². The zero-order valence-electron chi connectivity index (χ0n) is 33.5. The quantitative estimate of drug-likeness (QED) is 0.269. The molecule has 0 spiro atoms. The summed E-state index contributed by atoms with van der Waals surface area (Å²) >= 11 is 0. The van der Waals surface area contributed by atoms with Crippen LogP contribution < -0.4 is 19.5 Å². The van der Waals surface area contributed by atoms with Gasteiger partial charge in [0.25, 0.3) is 11.8 Å². The van der Waals surface area contributed by atoms with E-state index in [-0.39, 0.29) is 50.4 Å². The van der Waals surface area contributed by atoms with Crippen LogP contribution in [-0.2, 0) is 24.4 Å². The highest BCUT2D eigenvalue weighted by Gasteiger charge is 2.64. The minimum absolute atomic E-state index is 0.00494. The minimum Gasteiger partial charge on any atom is -0.497 e. The molecule has 6 rings (SSSR count). The van der Waals surface area contributed by atoms with Crippen molar-refractivity contribution >= 4 is 44.6 Å². The van der Waals surface area contributed by atoms with E-state index < -0.39 is 92.3 Å². The first-order valence-corrected chi connectivity index (χ1v) is 21.0. The van der Waals surface area contributed by atoms with Crippen molar-refractivity contribution in [1.29, 1.82) is 0 Å². The maximum absolute atomic E-state index is 15.3. The fourth-order valence-corrected chi connectivity index (χ4v) is 9.75. The second-order valence-corrected chi connectivity index (χ2v) is 19.2. The summed E-state index contributed by atoms with van der Waals surface area (Å²) in [4.78, 5) is 62.6. The van der Waals surface area contributed by atoms with E-state index in [1.807, 2.05) is 11.6 Å². The van der Waals surface area contributed by atoms with Crippen molar-refractivity contribution in [3.8, 4) is 11.6 Å². The van der Waals surface area contributed by atoms with Gasteiger partial charge in [-0.05, 0) is 93.9 Å². The van der Waals surface area contributed by atoms with Crippen LogP contribution in [0.4, 0.5) is 18.0 Å². The molecule has 18 heteroatoms. The van der Waals surface area contributed by atoms with Crippen molar-refractivity contribution in [3.63, 3.8) is 0 Å². The normalized spacial score (nSPS) is 29.5. The number of hydrogen-bond donors (Lipinski definition) is 3. The predicted molar refractivity (Wildman–Crippen MR) is 206 cm³/mol. The lowest BCUT2D eigenvalue weighted by Gasteiger charge is -2.47. The fourth-order valence-electron chi connectivity index (χ4n) is 8.32. The van der Waals surface area contributed by atoms with Gasteiger partial charge in [0.05, 0.1) is 13.7 Å². The third kappa shape index (κ3) is 7.92. The molecular weight excluding hydrogens is 784 g/mol. The number of amides is 4. The third-order valence-electron chi connectivity index (χ3n) is 12.6. The average molecular weight is 836 g/mol. The van der Waals surface area contributed by atoms with Crippen molar-refractivity contribution in [1.82, 2.24) is 24.8 Å². The lowest BCUT2D eigenvalue weighted by molar-refractivity contribution is -0.156. The molecule has 2 saturated carbocycles. The highest BCUT2D eigenvalue weighted by molar-refractivity contribution is 7.91. The number of nitrogens with zero attached hydrogens (tertiary/aromatic N) is 3. The molecule has 0 radical (unpaired) electrons. The van der Waals surface area contributed by atoms with Crippen molar-refractivity contribution in [2.75, 3.05) is 20.3 Å². The van der Waals surface area contributed by atoms with Crippen LogP contribution in [0.2, 0.25) is 0 Å². The molecule has 14 nitrogen and oxygen atoms in total. The number of carboxylic acid groups (broad SMARTS) is 1. The zero-order valence-corrected chi connectivity index (χ0v) is 34.3. The number of methoxy groups -OCH3 is 1. The van der Waals surface area contributed by atoms with E-state index >= 15 is 13.6 Å². The Morgan fingerprint density at radius 1 is 1.14 bits per heavy atom. The largest absolute Gasteiger partial charge is 0.497 e. The van der Waals surface area contributed by atoms with Crippen LogP contribution in [0.3, 0.4) is 0 Å². The van der Waals surface area contributed by atoms with Gasteiger partial charge >= 0.3 is 6.09 Å². The molecule has 3 fully saturated rings. The maximum atomic E-state index is 15.3. The topological polar surface area (TPSA) is 185 Å². The number of alkyl halides is 3. The number of carbonyl (C=O) groups is 4. The van der Waals surface area contributed by atoms with E-state index in [4.69, 9.17) is 9.47 Å². The van der Waals surface area contributed by atoms with Crippen LogP contribution >= 0.6 is 0 Å². The molecule has 2 aliphatic heterocycles. The first-order valence-electron chi connectivity index (χ1n) is 19.5. The van der Waals surface area contributed by atoms with Crippen LogP contribution in [0.5, 0.6) is 11.6 Å². The highest BCUT2D eigenvalue weighted by atomic mass is 32.2. The van der Waals surface area contributed by atoms with Crippen LogP contribution in [0.25, 0.3) is 10.8 Å². The van der Waals surface area contributed by atoms with Gasteiger partial charge < -0.3 is 24.8 Å². The number of rotatable bonds is 10. The lowest BCUT2D eigenvalue weighted by Crippen LogP contribution is -2.66. The predicted octanol–water partition coefficient (Wildman–Crippen LogP) is 5.21. The van der Waals surface area contributed by atoms with E-state index in [1.165, 1.54) is 13.3 Å². The molecule has 2 aromatic rings. The first-order chi connectivity index (χ1) is 27.1.